The molecule has 0 spiro atoms. The molecular weight excluding hydrogens is 332 g/mol. The third kappa shape index (κ3) is 3.78. The summed E-state index contributed by atoms with van der Waals surface area (Å²) in [4.78, 5) is 4.66. The van der Waals surface area contributed by atoms with E-state index in [-0.39, 0.29) is 0 Å². The Morgan fingerprint density at radius 2 is 1.54 bits per heavy atom. The summed E-state index contributed by atoms with van der Waals surface area (Å²) in [6.07, 6.45) is 0. The van der Waals surface area contributed by atoms with Crippen LogP contribution in [0, 0.1) is 0 Å². The summed E-state index contributed by atoms with van der Waals surface area (Å²) in [5.74, 6) is 0.809. The number of hydrogen-bond acceptors (Lipinski definition) is 6. The van der Waals surface area contributed by atoms with E-state index in [1.54, 1.807) is 7.11 Å². The number of rotatable bonds is 3. The zero-order valence-corrected chi connectivity index (χ0v) is 14.7. The number of methoxy groups -OCH3 is 1. The molecule has 24 heavy (non-hydrogen) atoms. The Balaban J connectivity index is 0.000000256. The Hall–Kier alpha value is -2.29. The van der Waals surface area contributed by atoms with Crippen LogP contribution in [0.25, 0.3) is 22.1 Å². The lowest BCUT2D eigenvalue weighted by atomic mass is 10.2. The predicted molar refractivity (Wildman–Crippen MR) is 89.9 cm³/mol. The summed E-state index contributed by atoms with van der Waals surface area (Å²) in [6.45, 7) is 0. The number of fused-ring (bicyclic) bond motifs is 2. The van der Waals surface area contributed by atoms with Crippen molar-refractivity contribution in [3.63, 3.8) is 0 Å². The highest BCUT2D eigenvalue weighted by molar-refractivity contribution is 7.81. The van der Waals surface area contributed by atoms with Gasteiger partial charge in [0.1, 0.15) is 12.6 Å². The van der Waals surface area contributed by atoms with Gasteiger partial charge in [0, 0.05) is 12.1 Å². The maximum Gasteiger partial charge on any atom is 0.399 e. The van der Waals surface area contributed by atoms with Crippen LogP contribution in [0.1, 0.15) is 0 Å². The van der Waals surface area contributed by atoms with Crippen LogP contribution >= 0.6 is 0 Å². The van der Waals surface area contributed by atoms with E-state index in [2.05, 4.69) is 30.0 Å². The molecule has 0 aliphatic rings. The van der Waals surface area contributed by atoms with E-state index in [1.807, 2.05) is 37.4 Å². The number of ether oxygens (including phenoxy) is 1. The van der Waals surface area contributed by atoms with Gasteiger partial charge in [-0.2, -0.15) is 13.0 Å². The van der Waals surface area contributed by atoms with E-state index in [4.69, 9.17) is 4.74 Å². The number of benzene rings is 2. The fourth-order valence-electron chi connectivity index (χ4n) is 2.22. The number of para-hydroxylation sites is 3. The van der Waals surface area contributed by atoms with Gasteiger partial charge in [-0.15, -0.1) is 0 Å². The molecule has 0 bridgehead atoms. The van der Waals surface area contributed by atoms with Crippen LogP contribution in [0.3, 0.4) is 0 Å². The van der Waals surface area contributed by atoms with Gasteiger partial charge >= 0.3 is 10.4 Å². The summed E-state index contributed by atoms with van der Waals surface area (Å²) >= 11 is 0. The van der Waals surface area contributed by atoms with E-state index in [0.717, 1.165) is 42.0 Å². The topological polar surface area (TPSA) is 78.6 Å². The molecule has 0 aliphatic heterocycles. The second-order valence-electron chi connectivity index (χ2n) is 4.73. The summed E-state index contributed by atoms with van der Waals surface area (Å²) < 4.78 is 35.0. The zero-order valence-electron chi connectivity index (χ0n) is 13.9. The maximum atomic E-state index is 9.92. The summed E-state index contributed by atoms with van der Waals surface area (Å²) in [7, 11) is 2.12. The molecule has 128 valence electrons. The Labute approximate surface area is 140 Å². The van der Waals surface area contributed by atoms with Crippen molar-refractivity contribution < 1.29 is 26.1 Å². The van der Waals surface area contributed by atoms with Gasteiger partial charge in [-0.3, -0.25) is 8.37 Å². The molecule has 1 aromatic heterocycles. The third-order valence-electron chi connectivity index (χ3n) is 3.44. The van der Waals surface area contributed by atoms with Gasteiger partial charge < -0.3 is 4.74 Å². The van der Waals surface area contributed by atoms with Crippen LogP contribution in [0.2, 0.25) is 0 Å². The molecule has 1 heterocycles. The normalized spacial score (nSPS) is 11.2. The van der Waals surface area contributed by atoms with Crippen molar-refractivity contribution in [2.75, 3.05) is 21.3 Å². The van der Waals surface area contributed by atoms with E-state index >= 15 is 0 Å². The second kappa shape index (κ2) is 7.52. The van der Waals surface area contributed by atoms with Crippen molar-refractivity contribution in [2.24, 2.45) is 7.05 Å². The summed E-state index contributed by atoms with van der Waals surface area (Å²) in [5.41, 5.74) is 4.07. The summed E-state index contributed by atoms with van der Waals surface area (Å²) in [6, 6.07) is 14.1. The lowest BCUT2D eigenvalue weighted by molar-refractivity contribution is -0.617. The monoisotopic (exact) mass is 351 g/mol. The zero-order chi connectivity index (χ0) is 17.7. The van der Waals surface area contributed by atoms with Crippen molar-refractivity contribution >= 4 is 32.5 Å². The third-order valence-corrected chi connectivity index (χ3v) is 4.26. The molecule has 0 aliphatic carbocycles. The minimum absolute atomic E-state index is 0.809. The van der Waals surface area contributed by atoms with E-state index in [1.165, 1.54) is 0 Å². The van der Waals surface area contributed by atoms with Crippen LogP contribution in [-0.2, 0) is 25.8 Å². The lowest BCUT2D eigenvalue weighted by Crippen LogP contribution is -2.30. The Bertz CT molecular complexity index is 947. The van der Waals surface area contributed by atoms with E-state index in [9.17, 15) is 8.42 Å². The molecule has 0 amide bonds. The molecule has 0 atom stereocenters. The van der Waals surface area contributed by atoms with Gasteiger partial charge in [0.15, 0.2) is 11.3 Å². The van der Waals surface area contributed by atoms with Crippen molar-refractivity contribution in [2.45, 2.75) is 0 Å². The Morgan fingerprint density at radius 3 is 2.12 bits per heavy atom. The largest absolute Gasteiger partial charge is 0.494 e. The number of aromatic nitrogens is 2. The molecule has 8 heteroatoms. The Kier molecular flexibility index (Phi) is 5.66. The molecular formula is C16H19N2O5S+. The maximum absolute atomic E-state index is 9.92. The fourth-order valence-corrected chi connectivity index (χ4v) is 2.36. The van der Waals surface area contributed by atoms with Crippen LogP contribution in [0.15, 0.2) is 42.5 Å². The minimum Gasteiger partial charge on any atom is -0.494 e. The highest BCUT2D eigenvalue weighted by Crippen LogP contribution is 2.22. The molecule has 3 aromatic rings. The van der Waals surface area contributed by atoms with Gasteiger partial charge in [-0.25, -0.2) is 4.98 Å². The van der Waals surface area contributed by atoms with E-state index < -0.39 is 10.4 Å². The Morgan fingerprint density at radius 1 is 0.917 bits per heavy atom. The highest BCUT2D eigenvalue weighted by Gasteiger charge is 2.15. The lowest BCUT2D eigenvalue weighted by Gasteiger charge is -2.04. The number of hydrogen-bond donors (Lipinski definition) is 0. The average molecular weight is 351 g/mol. The second-order valence-corrected chi connectivity index (χ2v) is 6.21. The van der Waals surface area contributed by atoms with Gasteiger partial charge in [-0.05, 0) is 12.1 Å². The average Bonchev–Trinajstić information content (AvgIpc) is 2.62. The molecule has 0 radical (unpaired) electrons. The van der Waals surface area contributed by atoms with Crippen LogP contribution < -0.4 is 9.30 Å². The van der Waals surface area contributed by atoms with Gasteiger partial charge in [-0.1, -0.05) is 18.2 Å². The fraction of sp³-hybridized carbons (Fsp3) is 0.250. The molecule has 0 saturated heterocycles. The predicted octanol–water partition coefficient (Wildman–Crippen LogP) is 1.75. The van der Waals surface area contributed by atoms with Crippen molar-refractivity contribution in [1.29, 1.82) is 0 Å². The molecule has 0 saturated carbocycles. The molecule has 0 N–H and O–H groups in total. The van der Waals surface area contributed by atoms with Crippen molar-refractivity contribution in [1.82, 2.24) is 4.98 Å². The van der Waals surface area contributed by atoms with Crippen LogP contribution in [0.5, 0.6) is 5.75 Å². The van der Waals surface area contributed by atoms with Gasteiger partial charge in [0.25, 0.3) is 0 Å². The van der Waals surface area contributed by atoms with Gasteiger partial charge in [0.05, 0.1) is 21.3 Å². The number of nitrogens with zero attached hydrogens (tertiary/aromatic N) is 2. The first-order chi connectivity index (χ1) is 11.4. The first-order valence-electron chi connectivity index (χ1n) is 7.01. The first kappa shape index (κ1) is 18.1. The molecule has 0 fully saturated rings. The smallest absolute Gasteiger partial charge is 0.399 e. The van der Waals surface area contributed by atoms with E-state index in [0.29, 0.717) is 0 Å². The standard InChI is InChI=1S/C14H13N2O.C2H6O4S/c1-16-11-7-4-3-6-10(11)15-14-12(16)8-5-9-13(14)17-2;1-5-7(3,4)6-2/h3-9H,1-2H3;1-2H3/q+1;. The molecule has 7 nitrogen and oxygen atoms in total. The quantitative estimate of drug-likeness (QED) is 0.528. The number of aryl methyl sites for hydroxylation is 1. The van der Waals surface area contributed by atoms with Crippen LogP contribution in [0.4, 0.5) is 0 Å². The highest BCUT2D eigenvalue weighted by atomic mass is 32.3. The molecule has 2 aromatic carbocycles. The summed E-state index contributed by atoms with van der Waals surface area (Å²) in [5, 5.41) is 0. The van der Waals surface area contributed by atoms with Gasteiger partial charge in [0.2, 0.25) is 11.0 Å². The van der Waals surface area contributed by atoms with Crippen LogP contribution in [-0.4, -0.2) is 34.7 Å². The SMILES string of the molecule is COS(=O)(=O)OC.COc1cccc2c1nc1ccccc1[n+]2C. The minimum atomic E-state index is -3.66. The van der Waals surface area contributed by atoms with Crippen molar-refractivity contribution in [3.05, 3.63) is 42.5 Å². The molecule has 3 rings (SSSR count). The first-order valence-corrected chi connectivity index (χ1v) is 8.34. The van der Waals surface area contributed by atoms with Crippen molar-refractivity contribution in [3.8, 4) is 5.75 Å². The molecule has 0 unspecified atom stereocenters.